The van der Waals surface area contributed by atoms with Crippen molar-refractivity contribution >= 4 is 10.8 Å². The molecule has 0 aromatic heterocycles. The van der Waals surface area contributed by atoms with Crippen molar-refractivity contribution in [3.8, 4) is 5.75 Å². The van der Waals surface area contributed by atoms with Crippen LogP contribution in [0.1, 0.15) is 12.8 Å². The molecule has 3 rings (SSSR count). The first-order valence-electron chi connectivity index (χ1n) is 6.87. The zero-order valence-corrected chi connectivity index (χ0v) is 10.7. The molecule has 0 atom stereocenters. The number of likely N-dealkylation sites (tertiary alicyclic amines) is 1. The number of ether oxygens (including phenoxy) is 1. The molecule has 1 N–H and O–H groups in total. The van der Waals surface area contributed by atoms with E-state index in [4.69, 9.17) is 4.74 Å². The fourth-order valence-electron chi connectivity index (χ4n) is 2.70. The second-order valence-electron chi connectivity index (χ2n) is 5.06. The van der Waals surface area contributed by atoms with Gasteiger partial charge in [0.05, 0.1) is 13.1 Å². The molecular formula is C16H20NO+. The van der Waals surface area contributed by atoms with Crippen LogP contribution in [-0.2, 0) is 0 Å². The Bertz CT molecular complexity index is 517. The van der Waals surface area contributed by atoms with Crippen LogP contribution >= 0.6 is 0 Å². The third-order valence-corrected chi connectivity index (χ3v) is 3.76. The van der Waals surface area contributed by atoms with Crippen molar-refractivity contribution in [2.45, 2.75) is 12.8 Å². The Hall–Kier alpha value is -1.54. The fourth-order valence-corrected chi connectivity index (χ4v) is 2.70. The minimum absolute atomic E-state index is 0.827. The zero-order chi connectivity index (χ0) is 12.2. The first-order valence-corrected chi connectivity index (χ1v) is 6.87. The molecule has 0 aliphatic carbocycles. The third kappa shape index (κ3) is 2.65. The molecule has 1 heterocycles. The summed E-state index contributed by atoms with van der Waals surface area (Å²) >= 11 is 0. The molecule has 2 nitrogen and oxygen atoms in total. The summed E-state index contributed by atoms with van der Waals surface area (Å²) in [4.78, 5) is 1.69. The number of hydrogen-bond donors (Lipinski definition) is 1. The van der Waals surface area contributed by atoms with E-state index in [-0.39, 0.29) is 0 Å². The van der Waals surface area contributed by atoms with Crippen molar-refractivity contribution in [1.82, 2.24) is 0 Å². The number of benzene rings is 2. The lowest BCUT2D eigenvalue weighted by Gasteiger charge is -2.13. The van der Waals surface area contributed by atoms with E-state index in [1.165, 1.54) is 36.7 Å². The van der Waals surface area contributed by atoms with Gasteiger partial charge < -0.3 is 9.64 Å². The number of rotatable bonds is 4. The van der Waals surface area contributed by atoms with Gasteiger partial charge in [0.25, 0.3) is 0 Å². The highest BCUT2D eigenvalue weighted by Gasteiger charge is 2.14. The molecule has 0 amide bonds. The summed E-state index contributed by atoms with van der Waals surface area (Å²) in [7, 11) is 0. The van der Waals surface area contributed by atoms with Crippen LogP contribution in [0.2, 0.25) is 0 Å². The maximum atomic E-state index is 5.86. The van der Waals surface area contributed by atoms with Crippen LogP contribution in [-0.4, -0.2) is 26.2 Å². The Kier molecular flexibility index (Phi) is 3.47. The van der Waals surface area contributed by atoms with Crippen LogP contribution in [0.4, 0.5) is 0 Å². The average molecular weight is 242 g/mol. The lowest BCUT2D eigenvalue weighted by Crippen LogP contribution is -3.10. The SMILES string of the molecule is c1ccc2cc(OCC[NH+]3CCCC3)ccc2c1. The summed E-state index contributed by atoms with van der Waals surface area (Å²) in [5.74, 6) is 0.993. The number of quaternary nitrogens is 1. The van der Waals surface area contributed by atoms with Crippen LogP contribution in [0.25, 0.3) is 10.8 Å². The molecule has 0 bridgehead atoms. The molecule has 2 aromatic carbocycles. The van der Waals surface area contributed by atoms with Crippen LogP contribution in [0, 0.1) is 0 Å². The van der Waals surface area contributed by atoms with E-state index in [0.717, 1.165) is 18.9 Å². The number of nitrogens with one attached hydrogen (secondary N) is 1. The van der Waals surface area contributed by atoms with Gasteiger partial charge in [-0.25, -0.2) is 0 Å². The second-order valence-corrected chi connectivity index (χ2v) is 5.06. The summed E-state index contributed by atoms with van der Waals surface area (Å²) in [5, 5.41) is 2.53. The minimum atomic E-state index is 0.827. The van der Waals surface area contributed by atoms with Gasteiger partial charge in [0.1, 0.15) is 18.9 Å². The molecule has 0 radical (unpaired) electrons. The molecule has 2 heteroatoms. The van der Waals surface area contributed by atoms with E-state index < -0.39 is 0 Å². The quantitative estimate of drug-likeness (QED) is 0.864. The maximum Gasteiger partial charge on any atom is 0.137 e. The van der Waals surface area contributed by atoms with Gasteiger partial charge in [-0.2, -0.15) is 0 Å². The van der Waals surface area contributed by atoms with E-state index in [1.807, 2.05) is 0 Å². The van der Waals surface area contributed by atoms with E-state index in [2.05, 4.69) is 42.5 Å². The Morgan fingerprint density at radius 1 is 0.944 bits per heavy atom. The standard InChI is InChI=1S/C16H19NO/c1-2-6-15-13-16(8-7-14(15)5-1)18-12-11-17-9-3-4-10-17/h1-2,5-8,13H,3-4,9-12H2/p+1. The summed E-state index contributed by atoms with van der Waals surface area (Å²) in [6.45, 7) is 4.60. The number of fused-ring (bicyclic) bond motifs is 1. The van der Waals surface area contributed by atoms with Gasteiger partial charge >= 0.3 is 0 Å². The molecule has 1 aliphatic rings. The van der Waals surface area contributed by atoms with Crippen molar-refractivity contribution in [2.24, 2.45) is 0 Å². The van der Waals surface area contributed by atoms with E-state index in [0.29, 0.717) is 0 Å². The molecule has 0 unspecified atom stereocenters. The first-order chi connectivity index (χ1) is 8.92. The third-order valence-electron chi connectivity index (χ3n) is 3.76. The van der Waals surface area contributed by atoms with Crippen molar-refractivity contribution in [3.05, 3.63) is 42.5 Å². The average Bonchev–Trinajstić information content (AvgIpc) is 2.92. The van der Waals surface area contributed by atoms with Crippen LogP contribution in [0.5, 0.6) is 5.75 Å². The summed E-state index contributed by atoms with van der Waals surface area (Å²) in [6, 6.07) is 14.7. The Labute approximate surface area is 108 Å². The normalized spacial score (nSPS) is 16.2. The van der Waals surface area contributed by atoms with Gasteiger partial charge in [-0.15, -0.1) is 0 Å². The highest BCUT2D eigenvalue weighted by molar-refractivity contribution is 5.83. The first kappa shape index (κ1) is 11.5. The van der Waals surface area contributed by atoms with Crippen molar-refractivity contribution in [3.63, 3.8) is 0 Å². The topological polar surface area (TPSA) is 13.7 Å². The van der Waals surface area contributed by atoms with Crippen LogP contribution in [0.15, 0.2) is 42.5 Å². The largest absolute Gasteiger partial charge is 0.488 e. The predicted molar refractivity (Wildman–Crippen MR) is 74.2 cm³/mol. The zero-order valence-electron chi connectivity index (χ0n) is 10.7. The van der Waals surface area contributed by atoms with Crippen LogP contribution < -0.4 is 9.64 Å². The monoisotopic (exact) mass is 242 g/mol. The van der Waals surface area contributed by atoms with Gasteiger partial charge in [0.15, 0.2) is 0 Å². The molecule has 0 spiro atoms. The molecule has 18 heavy (non-hydrogen) atoms. The van der Waals surface area contributed by atoms with Crippen LogP contribution in [0.3, 0.4) is 0 Å². The van der Waals surface area contributed by atoms with E-state index >= 15 is 0 Å². The lowest BCUT2D eigenvalue weighted by molar-refractivity contribution is -0.887. The van der Waals surface area contributed by atoms with Gasteiger partial charge in [-0.1, -0.05) is 30.3 Å². The summed E-state index contributed by atoms with van der Waals surface area (Å²) in [6.07, 6.45) is 2.76. The molecule has 0 saturated carbocycles. The van der Waals surface area contributed by atoms with E-state index in [1.54, 1.807) is 4.90 Å². The van der Waals surface area contributed by atoms with Gasteiger partial charge in [-0.05, 0) is 22.9 Å². The van der Waals surface area contributed by atoms with E-state index in [9.17, 15) is 0 Å². The van der Waals surface area contributed by atoms with Gasteiger partial charge in [0, 0.05) is 12.8 Å². The van der Waals surface area contributed by atoms with Crippen molar-refractivity contribution < 1.29 is 9.64 Å². The molecule has 1 aliphatic heterocycles. The maximum absolute atomic E-state index is 5.86. The molecule has 1 fully saturated rings. The second kappa shape index (κ2) is 5.40. The fraction of sp³-hybridized carbons (Fsp3) is 0.375. The van der Waals surface area contributed by atoms with Crippen molar-refractivity contribution in [2.75, 3.05) is 26.2 Å². The highest BCUT2D eigenvalue weighted by Crippen LogP contribution is 2.20. The predicted octanol–water partition coefficient (Wildman–Crippen LogP) is 1.90. The Morgan fingerprint density at radius 3 is 2.56 bits per heavy atom. The minimum Gasteiger partial charge on any atom is -0.488 e. The van der Waals surface area contributed by atoms with Gasteiger partial charge in [-0.3, -0.25) is 0 Å². The highest BCUT2D eigenvalue weighted by atomic mass is 16.5. The van der Waals surface area contributed by atoms with Crippen molar-refractivity contribution in [1.29, 1.82) is 0 Å². The Morgan fingerprint density at radius 2 is 1.72 bits per heavy atom. The molecule has 2 aromatic rings. The summed E-state index contributed by atoms with van der Waals surface area (Å²) in [5.41, 5.74) is 0. The Balaban J connectivity index is 1.60. The molecule has 94 valence electrons. The summed E-state index contributed by atoms with van der Waals surface area (Å²) < 4.78 is 5.86. The smallest absolute Gasteiger partial charge is 0.137 e. The number of hydrogen-bond acceptors (Lipinski definition) is 1. The molecule has 1 saturated heterocycles. The lowest BCUT2D eigenvalue weighted by atomic mass is 10.1. The van der Waals surface area contributed by atoms with Gasteiger partial charge in [0.2, 0.25) is 0 Å². The molecular weight excluding hydrogens is 222 g/mol.